The molecule has 5 heteroatoms. The summed E-state index contributed by atoms with van der Waals surface area (Å²) in [4.78, 5) is 13.8. The Labute approximate surface area is 128 Å². The zero-order valence-corrected chi connectivity index (χ0v) is 13.0. The fraction of sp³-hybridized carbons (Fsp3) is 0.312. The smallest absolute Gasteiger partial charge is 0.257 e. The van der Waals surface area contributed by atoms with Gasteiger partial charge in [0, 0.05) is 29.4 Å². The van der Waals surface area contributed by atoms with Crippen molar-refractivity contribution in [3.05, 3.63) is 40.9 Å². The van der Waals surface area contributed by atoms with E-state index in [-0.39, 0.29) is 23.8 Å². The first kappa shape index (κ1) is 15.6. The molecule has 0 spiro atoms. The van der Waals surface area contributed by atoms with Crippen molar-refractivity contribution in [2.45, 2.75) is 19.4 Å². The Morgan fingerprint density at radius 2 is 1.86 bits per heavy atom. The van der Waals surface area contributed by atoms with Crippen molar-refractivity contribution in [3.63, 3.8) is 0 Å². The Balaban J connectivity index is 2.47. The van der Waals surface area contributed by atoms with Crippen molar-refractivity contribution in [1.29, 1.82) is 0 Å². The van der Waals surface area contributed by atoms with Crippen LogP contribution < -0.4 is 0 Å². The summed E-state index contributed by atoms with van der Waals surface area (Å²) in [6.07, 6.45) is 0. The van der Waals surface area contributed by atoms with E-state index in [1.807, 2.05) is 6.07 Å². The van der Waals surface area contributed by atoms with E-state index < -0.39 is 5.60 Å². The van der Waals surface area contributed by atoms with Gasteiger partial charge in [-0.15, -0.1) is 0 Å². The van der Waals surface area contributed by atoms with Crippen LogP contribution in [0.25, 0.3) is 10.8 Å². The Bertz CT molecular complexity index is 692. The molecule has 2 aromatic rings. The van der Waals surface area contributed by atoms with Gasteiger partial charge in [-0.3, -0.25) is 4.79 Å². The first-order chi connectivity index (χ1) is 9.70. The third kappa shape index (κ3) is 3.28. The highest BCUT2D eigenvalue weighted by molar-refractivity contribution is 6.36. The maximum atomic E-state index is 12.4. The number of nitrogens with zero attached hydrogens (tertiary/aromatic N) is 1. The van der Waals surface area contributed by atoms with E-state index in [1.54, 1.807) is 39.1 Å². The Kier molecular flexibility index (Phi) is 4.12. The number of aromatic hydroxyl groups is 1. The number of carbonyl (C=O) groups is 1. The van der Waals surface area contributed by atoms with E-state index >= 15 is 0 Å². The van der Waals surface area contributed by atoms with Crippen LogP contribution in [0.15, 0.2) is 30.3 Å². The van der Waals surface area contributed by atoms with Gasteiger partial charge < -0.3 is 15.1 Å². The van der Waals surface area contributed by atoms with Crippen molar-refractivity contribution >= 4 is 28.3 Å². The van der Waals surface area contributed by atoms with Gasteiger partial charge in [-0.1, -0.05) is 35.9 Å². The molecule has 112 valence electrons. The molecule has 0 bridgehead atoms. The quantitative estimate of drug-likeness (QED) is 0.916. The molecule has 0 radical (unpaired) electrons. The largest absolute Gasteiger partial charge is 0.506 e. The third-order valence-corrected chi connectivity index (χ3v) is 3.48. The van der Waals surface area contributed by atoms with Gasteiger partial charge in [-0.25, -0.2) is 0 Å². The predicted molar refractivity (Wildman–Crippen MR) is 83.9 cm³/mol. The molecular weight excluding hydrogens is 290 g/mol. The second-order valence-corrected chi connectivity index (χ2v) is 6.18. The number of fused-ring (bicyclic) bond motifs is 1. The van der Waals surface area contributed by atoms with E-state index in [1.165, 1.54) is 11.0 Å². The number of rotatable bonds is 3. The lowest BCUT2D eigenvalue weighted by molar-refractivity contribution is 0.0366. The topological polar surface area (TPSA) is 60.8 Å². The molecule has 0 heterocycles. The van der Waals surface area contributed by atoms with Gasteiger partial charge in [0.2, 0.25) is 0 Å². The van der Waals surface area contributed by atoms with Gasteiger partial charge >= 0.3 is 0 Å². The summed E-state index contributed by atoms with van der Waals surface area (Å²) >= 11 is 6.18. The van der Waals surface area contributed by atoms with Crippen molar-refractivity contribution < 1.29 is 15.0 Å². The molecule has 0 saturated carbocycles. The minimum Gasteiger partial charge on any atom is -0.506 e. The number of phenolic OH excluding ortho intramolecular Hbond substituents is 1. The average molecular weight is 308 g/mol. The molecule has 0 aliphatic carbocycles. The van der Waals surface area contributed by atoms with Crippen LogP contribution in [-0.4, -0.2) is 40.2 Å². The molecule has 0 atom stereocenters. The number of likely N-dealkylation sites (N-methyl/N-ethyl adjacent to an activating group) is 1. The van der Waals surface area contributed by atoms with Crippen molar-refractivity contribution in [2.24, 2.45) is 0 Å². The minimum absolute atomic E-state index is 0.0948. The zero-order valence-electron chi connectivity index (χ0n) is 12.2. The van der Waals surface area contributed by atoms with Gasteiger partial charge in [-0.2, -0.15) is 0 Å². The molecule has 21 heavy (non-hydrogen) atoms. The number of hydrogen-bond donors (Lipinski definition) is 2. The molecule has 0 saturated heterocycles. The van der Waals surface area contributed by atoms with E-state index in [0.717, 1.165) is 0 Å². The second-order valence-electron chi connectivity index (χ2n) is 5.77. The number of hydrogen-bond acceptors (Lipinski definition) is 3. The van der Waals surface area contributed by atoms with Gasteiger partial charge in [0.25, 0.3) is 5.91 Å². The van der Waals surface area contributed by atoms with Crippen LogP contribution in [0.4, 0.5) is 0 Å². The van der Waals surface area contributed by atoms with Crippen LogP contribution in [-0.2, 0) is 0 Å². The normalized spacial score (nSPS) is 11.7. The summed E-state index contributed by atoms with van der Waals surface area (Å²) in [6.45, 7) is 3.38. The van der Waals surface area contributed by atoms with Gasteiger partial charge in [0.1, 0.15) is 5.75 Å². The molecule has 0 aliphatic rings. The average Bonchev–Trinajstić information content (AvgIpc) is 2.40. The van der Waals surface area contributed by atoms with Crippen molar-refractivity contribution in [3.8, 4) is 5.75 Å². The van der Waals surface area contributed by atoms with Gasteiger partial charge in [0.15, 0.2) is 0 Å². The minimum atomic E-state index is -1.01. The van der Waals surface area contributed by atoms with Crippen LogP contribution in [0.5, 0.6) is 5.75 Å². The summed E-state index contributed by atoms with van der Waals surface area (Å²) in [5, 5.41) is 21.8. The molecule has 0 fully saturated rings. The fourth-order valence-corrected chi connectivity index (χ4v) is 2.61. The van der Waals surface area contributed by atoms with Crippen LogP contribution in [0.1, 0.15) is 24.2 Å². The molecule has 2 aromatic carbocycles. The van der Waals surface area contributed by atoms with Crippen molar-refractivity contribution in [2.75, 3.05) is 13.6 Å². The molecule has 0 aromatic heterocycles. The first-order valence-electron chi connectivity index (χ1n) is 6.59. The zero-order chi connectivity index (χ0) is 15.8. The number of carbonyl (C=O) groups excluding carboxylic acids is 1. The second kappa shape index (κ2) is 5.54. The number of aliphatic hydroxyl groups is 1. The van der Waals surface area contributed by atoms with Crippen LogP contribution in [0, 0.1) is 0 Å². The maximum absolute atomic E-state index is 12.4. The van der Waals surface area contributed by atoms with Crippen molar-refractivity contribution in [1.82, 2.24) is 4.90 Å². The lowest BCUT2D eigenvalue weighted by Crippen LogP contribution is -2.39. The monoisotopic (exact) mass is 307 g/mol. The third-order valence-electron chi connectivity index (χ3n) is 3.17. The van der Waals surface area contributed by atoms with Crippen LogP contribution in [0.3, 0.4) is 0 Å². The van der Waals surface area contributed by atoms with Gasteiger partial charge in [-0.05, 0) is 19.9 Å². The summed E-state index contributed by atoms with van der Waals surface area (Å²) in [5.41, 5.74) is -0.883. The summed E-state index contributed by atoms with van der Waals surface area (Å²) in [7, 11) is 1.57. The number of halogens is 1. The van der Waals surface area contributed by atoms with Gasteiger partial charge in [0.05, 0.1) is 11.2 Å². The fourth-order valence-electron chi connectivity index (χ4n) is 2.34. The number of benzene rings is 2. The predicted octanol–water partition coefficient (Wildman–Crippen LogP) is 3.04. The number of phenols is 1. The highest BCUT2D eigenvalue weighted by atomic mass is 35.5. The standard InChI is InChI=1S/C16H18ClNO3/c1-16(2,21)9-18(3)15(20)12-8-13(17)10-6-4-5-7-11(10)14(12)19/h4-8,19,21H,9H2,1-3H3. The molecular formula is C16H18ClNO3. The van der Waals surface area contributed by atoms with E-state index in [4.69, 9.17) is 11.6 Å². The lowest BCUT2D eigenvalue weighted by atomic mass is 10.0. The number of amides is 1. The molecule has 2 rings (SSSR count). The lowest BCUT2D eigenvalue weighted by Gasteiger charge is -2.26. The molecule has 0 aliphatic heterocycles. The highest BCUT2D eigenvalue weighted by Gasteiger charge is 2.23. The van der Waals surface area contributed by atoms with E-state index in [9.17, 15) is 15.0 Å². The summed E-state index contributed by atoms with van der Waals surface area (Å²) in [5.74, 6) is -0.482. The van der Waals surface area contributed by atoms with E-state index in [2.05, 4.69) is 0 Å². The highest BCUT2D eigenvalue weighted by Crippen LogP contribution is 2.34. The molecule has 2 N–H and O–H groups in total. The Morgan fingerprint density at radius 3 is 2.43 bits per heavy atom. The summed E-state index contributed by atoms with van der Waals surface area (Å²) < 4.78 is 0. The maximum Gasteiger partial charge on any atom is 0.257 e. The molecule has 1 amide bonds. The molecule has 4 nitrogen and oxygen atoms in total. The van der Waals surface area contributed by atoms with Crippen LogP contribution in [0.2, 0.25) is 5.02 Å². The Morgan fingerprint density at radius 1 is 1.29 bits per heavy atom. The van der Waals surface area contributed by atoms with E-state index in [0.29, 0.717) is 15.8 Å². The first-order valence-corrected chi connectivity index (χ1v) is 6.96. The summed E-state index contributed by atoms with van der Waals surface area (Å²) in [6, 6.07) is 8.54. The molecule has 0 unspecified atom stereocenters. The SMILES string of the molecule is CN(CC(C)(C)O)C(=O)c1cc(Cl)c2ccccc2c1O. The van der Waals surface area contributed by atoms with Crippen LogP contribution >= 0.6 is 11.6 Å². The Hall–Kier alpha value is -1.78.